The largest absolute Gasteiger partial charge is 0.368 e. The quantitative estimate of drug-likeness (QED) is 0.742. The predicted molar refractivity (Wildman–Crippen MR) is 83.5 cm³/mol. The van der Waals surface area contributed by atoms with E-state index in [1.165, 1.54) is 6.07 Å². The summed E-state index contributed by atoms with van der Waals surface area (Å²) in [6.45, 7) is 1.29. The van der Waals surface area contributed by atoms with Crippen molar-refractivity contribution >= 4 is 38.8 Å². The normalized spacial score (nSPS) is 14.2. The van der Waals surface area contributed by atoms with Crippen LogP contribution in [0.25, 0.3) is 0 Å². The van der Waals surface area contributed by atoms with E-state index in [1.54, 1.807) is 22.3 Å². The second-order valence-electron chi connectivity index (χ2n) is 4.72. The van der Waals surface area contributed by atoms with Crippen LogP contribution >= 0.6 is 11.3 Å². The number of aryl methyl sites for hydroxylation is 1. The first-order chi connectivity index (χ1) is 10.6. The van der Waals surface area contributed by atoms with Gasteiger partial charge in [0.15, 0.2) is 0 Å². The second kappa shape index (κ2) is 6.07. The fraction of sp³-hybridized carbons (Fsp3) is 0.333. The SMILES string of the molecule is O=C(CNS(=O)(=O)c1cccs1)Nc1cnn2c1NCCC2. The lowest BCUT2D eigenvalue weighted by atomic mass is 10.3. The number of hydrogen-bond donors (Lipinski definition) is 3. The standard InChI is InChI=1S/C12H15N5O3S2/c18-10(8-15-22(19,20)11-3-1-6-21-11)16-9-7-14-17-5-2-4-13-12(9)17/h1,3,6-7,13,15H,2,4-5,8H2,(H,16,18). The van der Waals surface area contributed by atoms with Gasteiger partial charge in [-0.25, -0.2) is 17.8 Å². The second-order valence-corrected chi connectivity index (χ2v) is 7.66. The average molecular weight is 341 g/mol. The van der Waals surface area contributed by atoms with Gasteiger partial charge in [0.1, 0.15) is 15.7 Å². The summed E-state index contributed by atoms with van der Waals surface area (Å²) in [6.07, 6.45) is 2.53. The van der Waals surface area contributed by atoms with E-state index in [1.807, 2.05) is 0 Å². The number of nitrogens with zero attached hydrogens (tertiary/aromatic N) is 2. The van der Waals surface area contributed by atoms with E-state index < -0.39 is 15.9 Å². The molecule has 0 radical (unpaired) electrons. The van der Waals surface area contributed by atoms with Crippen LogP contribution in [0.3, 0.4) is 0 Å². The molecule has 2 aromatic heterocycles. The van der Waals surface area contributed by atoms with Crippen LogP contribution in [0.5, 0.6) is 0 Å². The van der Waals surface area contributed by atoms with Crippen molar-refractivity contribution in [2.75, 3.05) is 23.7 Å². The minimum absolute atomic E-state index is 0.185. The minimum Gasteiger partial charge on any atom is -0.368 e. The summed E-state index contributed by atoms with van der Waals surface area (Å²) < 4.78 is 28.1. The van der Waals surface area contributed by atoms with Gasteiger partial charge in [0.2, 0.25) is 5.91 Å². The third-order valence-electron chi connectivity index (χ3n) is 3.14. The Bertz CT molecular complexity index is 767. The molecule has 0 fully saturated rings. The van der Waals surface area contributed by atoms with E-state index in [0.29, 0.717) is 5.69 Å². The molecular weight excluding hydrogens is 326 g/mol. The first-order valence-corrected chi connectivity index (χ1v) is 9.05. The average Bonchev–Trinajstić information content (AvgIpc) is 3.16. The third-order valence-corrected chi connectivity index (χ3v) is 5.93. The smallest absolute Gasteiger partial charge is 0.250 e. The topological polar surface area (TPSA) is 105 Å². The number of amides is 1. The molecule has 0 aromatic carbocycles. The Balaban J connectivity index is 1.60. The highest BCUT2D eigenvalue weighted by molar-refractivity contribution is 7.91. The molecule has 0 saturated carbocycles. The van der Waals surface area contributed by atoms with Gasteiger partial charge in [0.05, 0.1) is 12.7 Å². The minimum atomic E-state index is -3.64. The van der Waals surface area contributed by atoms with Gasteiger partial charge in [-0.2, -0.15) is 5.10 Å². The van der Waals surface area contributed by atoms with Gasteiger partial charge >= 0.3 is 0 Å². The Hall–Kier alpha value is -1.91. The number of hydrogen-bond acceptors (Lipinski definition) is 6. The van der Waals surface area contributed by atoms with Crippen LogP contribution in [-0.4, -0.2) is 37.2 Å². The van der Waals surface area contributed by atoms with E-state index in [0.717, 1.165) is 36.7 Å². The molecule has 0 unspecified atom stereocenters. The van der Waals surface area contributed by atoms with Crippen molar-refractivity contribution in [1.29, 1.82) is 0 Å². The molecule has 3 rings (SSSR count). The molecule has 0 spiro atoms. The molecule has 1 aliphatic heterocycles. The Morgan fingerprint density at radius 2 is 2.36 bits per heavy atom. The first kappa shape index (κ1) is 15.0. The highest BCUT2D eigenvalue weighted by Crippen LogP contribution is 2.24. The molecule has 0 atom stereocenters. The van der Waals surface area contributed by atoms with Gasteiger partial charge in [0.25, 0.3) is 10.0 Å². The molecule has 3 heterocycles. The lowest BCUT2D eigenvalue weighted by molar-refractivity contribution is -0.115. The van der Waals surface area contributed by atoms with E-state index in [9.17, 15) is 13.2 Å². The zero-order chi connectivity index (χ0) is 15.6. The van der Waals surface area contributed by atoms with Crippen molar-refractivity contribution in [1.82, 2.24) is 14.5 Å². The number of thiophene rings is 1. The number of sulfonamides is 1. The highest BCUT2D eigenvalue weighted by atomic mass is 32.2. The van der Waals surface area contributed by atoms with Gasteiger partial charge in [0, 0.05) is 13.1 Å². The van der Waals surface area contributed by atoms with Gasteiger partial charge in [-0.3, -0.25) is 4.79 Å². The third kappa shape index (κ3) is 3.13. The van der Waals surface area contributed by atoms with Crippen LogP contribution in [0.2, 0.25) is 0 Å². The molecule has 8 nitrogen and oxygen atoms in total. The lowest BCUT2D eigenvalue weighted by Crippen LogP contribution is -2.32. The molecule has 22 heavy (non-hydrogen) atoms. The Labute approximate surface area is 131 Å². The number of carbonyl (C=O) groups excluding carboxylic acids is 1. The van der Waals surface area contributed by atoms with Gasteiger partial charge in [-0.05, 0) is 17.9 Å². The molecule has 3 N–H and O–H groups in total. The Morgan fingerprint density at radius 3 is 3.14 bits per heavy atom. The first-order valence-electron chi connectivity index (χ1n) is 6.69. The zero-order valence-corrected chi connectivity index (χ0v) is 13.2. The zero-order valence-electron chi connectivity index (χ0n) is 11.6. The molecule has 1 amide bonds. The lowest BCUT2D eigenvalue weighted by Gasteiger charge is -2.17. The maximum absolute atomic E-state index is 11.9. The summed E-state index contributed by atoms with van der Waals surface area (Å²) in [4.78, 5) is 11.9. The summed E-state index contributed by atoms with van der Waals surface area (Å²) in [5, 5.41) is 11.6. The number of rotatable bonds is 5. The molecule has 0 saturated heterocycles. The van der Waals surface area contributed by atoms with Crippen molar-refractivity contribution in [2.45, 2.75) is 17.2 Å². The predicted octanol–water partition coefficient (Wildman–Crippen LogP) is 0.677. The van der Waals surface area contributed by atoms with Gasteiger partial charge < -0.3 is 10.6 Å². The van der Waals surface area contributed by atoms with Crippen molar-refractivity contribution in [2.24, 2.45) is 0 Å². The Kier molecular flexibility index (Phi) is 4.14. The van der Waals surface area contributed by atoms with Crippen molar-refractivity contribution in [3.8, 4) is 0 Å². The summed E-state index contributed by atoms with van der Waals surface area (Å²) in [5.74, 6) is 0.309. The molecule has 0 bridgehead atoms. The molecule has 0 aliphatic carbocycles. The van der Waals surface area contributed by atoms with Crippen LogP contribution in [0.15, 0.2) is 27.9 Å². The van der Waals surface area contributed by atoms with E-state index >= 15 is 0 Å². The number of aromatic nitrogens is 2. The van der Waals surface area contributed by atoms with Crippen molar-refractivity contribution in [3.63, 3.8) is 0 Å². The number of carbonyl (C=O) groups is 1. The number of anilines is 2. The summed E-state index contributed by atoms with van der Waals surface area (Å²) in [6, 6.07) is 3.13. The van der Waals surface area contributed by atoms with E-state index in [-0.39, 0.29) is 10.8 Å². The highest BCUT2D eigenvalue weighted by Gasteiger charge is 2.19. The summed E-state index contributed by atoms with van der Waals surface area (Å²) >= 11 is 1.10. The van der Waals surface area contributed by atoms with Crippen molar-refractivity contribution in [3.05, 3.63) is 23.7 Å². The molecule has 2 aromatic rings. The fourth-order valence-corrected chi connectivity index (χ4v) is 4.13. The van der Waals surface area contributed by atoms with E-state index in [4.69, 9.17) is 0 Å². The number of nitrogens with one attached hydrogen (secondary N) is 3. The molecule has 10 heteroatoms. The fourth-order valence-electron chi connectivity index (χ4n) is 2.11. The van der Waals surface area contributed by atoms with Crippen LogP contribution in [0.4, 0.5) is 11.5 Å². The maximum atomic E-state index is 11.9. The van der Waals surface area contributed by atoms with E-state index in [2.05, 4.69) is 20.5 Å². The molecular formula is C12H15N5O3S2. The van der Waals surface area contributed by atoms with Crippen LogP contribution < -0.4 is 15.4 Å². The van der Waals surface area contributed by atoms with Crippen LogP contribution in [0, 0.1) is 0 Å². The Morgan fingerprint density at radius 1 is 1.50 bits per heavy atom. The molecule has 118 valence electrons. The van der Waals surface area contributed by atoms with Crippen LogP contribution in [-0.2, 0) is 21.4 Å². The molecule has 1 aliphatic rings. The van der Waals surface area contributed by atoms with Crippen LogP contribution in [0.1, 0.15) is 6.42 Å². The van der Waals surface area contributed by atoms with Gasteiger partial charge in [-0.1, -0.05) is 6.07 Å². The van der Waals surface area contributed by atoms with Crippen molar-refractivity contribution < 1.29 is 13.2 Å². The maximum Gasteiger partial charge on any atom is 0.250 e. The number of fused-ring (bicyclic) bond motifs is 1. The monoisotopic (exact) mass is 341 g/mol. The summed E-state index contributed by atoms with van der Waals surface area (Å²) in [7, 11) is -3.64. The summed E-state index contributed by atoms with van der Waals surface area (Å²) in [5.41, 5.74) is 0.556. The van der Waals surface area contributed by atoms with Gasteiger partial charge in [-0.15, -0.1) is 11.3 Å².